The topological polar surface area (TPSA) is 112 Å². The maximum atomic E-state index is 12.6. The number of hydrogen-bond donors (Lipinski definition) is 1. The number of carbonyl (C=O) groups excluding carboxylic acids is 2. The molecule has 0 radical (unpaired) electrons. The number of nitrogens with zero attached hydrogens (tertiary/aromatic N) is 3. The average Bonchev–Trinajstić information content (AvgIpc) is 3.24. The van der Waals surface area contributed by atoms with Gasteiger partial charge in [0.05, 0.1) is 36.3 Å². The van der Waals surface area contributed by atoms with Crippen molar-refractivity contribution in [3.63, 3.8) is 0 Å². The van der Waals surface area contributed by atoms with Gasteiger partial charge in [0.1, 0.15) is 12.3 Å². The number of amides is 1. The van der Waals surface area contributed by atoms with Crippen molar-refractivity contribution >= 4 is 39.2 Å². The van der Waals surface area contributed by atoms with Crippen molar-refractivity contribution in [2.45, 2.75) is 6.54 Å². The maximum Gasteiger partial charge on any atom is 0.358 e. The van der Waals surface area contributed by atoms with E-state index in [1.54, 1.807) is 55.6 Å². The molecule has 162 valence electrons. The van der Waals surface area contributed by atoms with Crippen LogP contribution in [0.5, 0.6) is 5.75 Å². The minimum Gasteiger partial charge on any atom is -0.497 e. The third-order valence-corrected chi connectivity index (χ3v) is 5.67. The van der Waals surface area contributed by atoms with Gasteiger partial charge >= 0.3 is 5.97 Å². The summed E-state index contributed by atoms with van der Waals surface area (Å²) >= 11 is 1.13. The Bertz CT molecular complexity index is 1360. The molecule has 0 saturated carbocycles. The van der Waals surface area contributed by atoms with Crippen LogP contribution < -0.4 is 15.6 Å². The number of esters is 1. The van der Waals surface area contributed by atoms with Crippen LogP contribution in [0.1, 0.15) is 10.5 Å². The highest BCUT2D eigenvalue weighted by molar-refractivity contribution is 7.19. The molecule has 1 amide bonds. The molecule has 0 saturated heterocycles. The molecule has 4 aromatic rings. The lowest BCUT2D eigenvalue weighted by molar-refractivity contribution is -0.116. The zero-order chi connectivity index (χ0) is 22.7. The number of nitrogens with one attached hydrogen (secondary N) is 1. The second-order valence-corrected chi connectivity index (χ2v) is 7.66. The van der Waals surface area contributed by atoms with E-state index in [2.05, 4.69) is 15.3 Å². The van der Waals surface area contributed by atoms with Crippen LogP contribution in [0.25, 0.3) is 21.3 Å². The monoisotopic (exact) mass is 450 g/mol. The Morgan fingerprint density at radius 3 is 2.56 bits per heavy atom. The van der Waals surface area contributed by atoms with Crippen LogP contribution in [-0.4, -0.2) is 40.6 Å². The molecule has 0 unspecified atom stereocenters. The summed E-state index contributed by atoms with van der Waals surface area (Å²) in [6, 6.07) is 14.0. The van der Waals surface area contributed by atoms with Crippen LogP contribution in [-0.2, 0) is 16.1 Å². The highest BCUT2D eigenvalue weighted by atomic mass is 32.1. The number of methoxy groups -OCH3 is 2. The minimum absolute atomic E-state index is 0.0857. The number of thiazole rings is 1. The second-order valence-electron chi connectivity index (χ2n) is 6.66. The summed E-state index contributed by atoms with van der Waals surface area (Å²) in [4.78, 5) is 46.4. The predicted molar refractivity (Wildman–Crippen MR) is 120 cm³/mol. The van der Waals surface area contributed by atoms with Gasteiger partial charge in [-0.3, -0.25) is 14.2 Å². The molecule has 0 aliphatic carbocycles. The maximum absolute atomic E-state index is 12.6. The Kier molecular flexibility index (Phi) is 5.95. The van der Waals surface area contributed by atoms with Crippen molar-refractivity contribution < 1.29 is 19.1 Å². The van der Waals surface area contributed by atoms with Crippen LogP contribution in [0.3, 0.4) is 0 Å². The van der Waals surface area contributed by atoms with Gasteiger partial charge in [0.25, 0.3) is 5.56 Å². The van der Waals surface area contributed by atoms with Crippen LogP contribution >= 0.6 is 11.3 Å². The first-order valence-electron chi connectivity index (χ1n) is 9.47. The number of aromatic nitrogens is 3. The van der Waals surface area contributed by atoms with Gasteiger partial charge in [-0.05, 0) is 42.0 Å². The molecule has 2 heterocycles. The number of fused-ring (bicyclic) bond motifs is 1. The zero-order valence-corrected chi connectivity index (χ0v) is 18.0. The fraction of sp³-hybridized carbons (Fsp3) is 0.136. The molecule has 0 spiro atoms. The van der Waals surface area contributed by atoms with E-state index in [9.17, 15) is 14.4 Å². The zero-order valence-electron chi connectivity index (χ0n) is 17.2. The lowest BCUT2D eigenvalue weighted by Gasteiger charge is -2.06. The lowest BCUT2D eigenvalue weighted by Crippen LogP contribution is -2.27. The first kappa shape index (κ1) is 21.2. The van der Waals surface area contributed by atoms with Crippen molar-refractivity contribution in [3.05, 3.63) is 70.9 Å². The third-order valence-electron chi connectivity index (χ3n) is 4.65. The number of anilines is 1. The summed E-state index contributed by atoms with van der Waals surface area (Å²) < 4.78 is 11.2. The lowest BCUT2D eigenvalue weighted by atomic mass is 10.1. The molecule has 4 rings (SSSR count). The number of ether oxygens (including phenoxy) is 2. The highest BCUT2D eigenvalue weighted by Gasteiger charge is 2.21. The third kappa shape index (κ3) is 4.21. The molecule has 0 bridgehead atoms. The molecular formula is C22H18N4O5S. The molecule has 1 N–H and O–H groups in total. The van der Waals surface area contributed by atoms with Gasteiger partial charge in [-0.2, -0.15) is 0 Å². The van der Waals surface area contributed by atoms with Gasteiger partial charge in [0.15, 0.2) is 10.8 Å². The molecule has 32 heavy (non-hydrogen) atoms. The highest BCUT2D eigenvalue weighted by Crippen LogP contribution is 2.34. The summed E-state index contributed by atoms with van der Waals surface area (Å²) in [6.45, 7) is -0.248. The molecule has 0 atom stereocenters. The molecular weight excluding hydrogens is 432 g/mol. The largest absolute Gasteiger partial charge is 0.497 e. The van der Waals surface area contributed by atoms with Crippen molar-refractivity contribution in [3.8, 4) is 16.2 Å². The number of carbonyl (C=O) groups is 2. The van der Waals surface area contributed by atoms with E-state index in [1.807, 2.05) is 0 Å². The van der Waals surface area contributed by atoms with E-state index in [4.69, 9.17) is 9.47 Å². The average molecular weight is 450 g/mol. The van der Waals surface area contributed by atoms with Crippen molar-refractivity contribution in [2.24, 2.45) is 0 Å². The van der Waals surface area contributed by atoms with Crippen LogP contribution in [0.15, 0.2) is 59.7 Å². The van der Waals surface area contributed by atoms with Gasteiger partial charge < -0.3 is 14.8 Å². The summed E-state index contributed by atoms with van der Waals surface area (Å²) in [5.74, 6) is -0.431. The van der Waals surface area contributed by atoms with E-state index >= 15 is 0 Å². The quantitative estimate of drug-likeness (QED) is 0.450. The first-order chi connectivity index (χ1) is 15.5. The molecule has 0 aliphatic heterocycles. The number of benzene rings is 2. The second kappa shape index (κ2) is 8.98. The van der Waals surface area contributed by atoms with E-state index in [-0.39, 0.29) is 22.9 Å². The Balaban J connectivity index is 1.59. The van der Waals surface area contributed by atoms with Crippen LogP contribution in [0.2, 0.25) is 0 Å². The number of hydrogen-bond acceptors (Lipinski definition) is 8. The minimum atomic E-state index is -0.623. The van der Waals surface area contributed by atoms with Gasteiger partial charge in [-0.25, -0.2) is 14.8 Å². The normalized spacial score (nSPS) is 10.7. The van der Waals surface area contributed by atoms with Gasteiger partial charge in [0.2, 0.25) is 5.91 Å². The summed E-state index contributed by atoms with van der Waals surface area (Å²) in [5.41, 5.74) is 1.04. The van der Waals surface area contributed by atoms with E-state index in [0.717, 1.165) is 16.9 Å². The summed E-state index contributed by atoms with van der Waals surface area (Å²) in [6.07, 6.45) is 1.33. The molecule has 2 aromatic heterocycles. The van der Waals surface area contributed by atoms with E-state index < -0.39 is 11.9 Å². The molecule has 2 aromatic carbocycles. The van der Waals surface area contributed by atoms with Crippen LogP contribution in [0.4, 0.5) is 5.13 Å². The number of rotatable bonds is 6. The SMILES string of the molecule is COC(=O)c1nc(NC(=O)Cn2cnc3ccccc3c2=O)sc1-c1ccc(OC)cc1. The Morgan fingerprint density at radius 2 is 1.84 bits per heavy atom. The molecule has 0 fully saturated rings. The molecule has 9 nitrogen and oxygen atoms in total. The molecule has 10 heteroatoms. The first-order valence-corrected chi connectivity index (χ1v) is 10.3. The Hall–Kier alpha value is -4.05. The molecule has 0 aliphatic rings. The van der Waals surface area contributed by atoms with Crippen LogP contribution in [0, 0.1) is 0 Å². The van der Waals surface area contributed by atoms with Crippen molar-refractivity contribution in [1.82, 2.24) is 14.5 Å². The smallest absolute Gasteiger partial charge is 0.358 e. The Morgan fingerprint density at radius 1 is 1.09 bits per heavy atom. The summed E-state index contributed by atoms with van der Waals surface area (Å²) in [5, 5.41) is 3.28. The fourth-order valence-corrected chi connectivity index (χ4v) is 4.05. The predicted octanol–water partition coefficient (Wildman–Crippen LogP) is 2.95. The fourth-order valence-electron chi connectivity index (χ4n) is 3.08. The standard InChI is InChI=1S/C22H18N4O5S/c1-30-14-9-7-13(8-10-14)19-18(21(29)31-2)25-22(32-19)24-17(27)11-26-12-23-16-6-4-3-5-15(16)20(26)28/h3-10,12H,11H2,1-2H3,(H,24,25,27). The summed E-state index contributed by atoms with van der Waals surface area (Å²) in [7, 11) is 2.82. The van der Waals surface area contributed by atoms with Gasteiger partial charge in [0, 0.05) is 0 Å². The van der Waals surface area contributed by atoms with E-state index in [0.29, 0.717) is 21.5 Å². The van der Waals surface area contributed by atoms with Crippen molar-refractivity contribution in [2.75, 3.05) is 19.5 Å². The van der Waals surface area contributed by atoms with E-state index in [1.165, 1.54) is 18.0 Å². The number of para-hydroxylation sites is 1. The Labute approximate surface area is 186 Å². The van der Waals surface area contributed by atoms with Gasteiger partial charge in [-0.15, -0.1) is 0 Å². The van der Waals surface area contributed by atoms with Crippen molar-refractivity contribution in [1.29, 1.82) is 0 Å². The van der Waals surface area contributed by atoms with Gasteiger partial charge in [-0.1, -0.05) is 23.5 Å².